The van der Waals surface area contributed by atoms with Crippen LogP contribution in [-0.4, -0.2) is 39.2 Å². The average Bonchev–Trinajstić information content (AvgIpc) is 3.31. The Labute approximate surface area is 165 Å². The van der Waals surface area contributed by atoms with E-state index in [0.717, 1.165) is 37.4 Å². The number of hydrogen-bond donors (Lipinski definition) is 0. The smallest absolute Gasteiger partial charge is 0.237 e. The Balaban J connectivity index is 1.38. The van der Waals surface area contributed by atoms with Gasteiger partial charge in [-0.15, -0.1) is 0 Å². The van der Waals surface area contributed by atoms with Crippen molar-refractivity contribution in [2.24, 2.45) is 0 Å². The molecular weight excluding hydrogens is 357 g/mol. The van der Waals surface area contributed by atoms with E-state index in [2.05, 4.69) is 14.9 Å². The van der Waals surface area contributed by atoms with Crippen LogP contribution in [0.4, 0.5) is 4.39 Å². The van der Waals surface area contributed by atoms with E-state index < -0.39 is 0 Å². The predicted molar refractivity (Wildman–Crippen MR) is 105 cm³/mol. The average molecular weight is 383 g/mol. The van der Waals surface area contributed by atoms with E-state index in [-0.39, 0.29) is 17.0 Å². The summed E-state index contributed by atoms with van der Waals surface area (Å²) in [5.41, 5.74) is 0.907. The van der Waals surface area contributed by atoms with Crippen molar-refractivity contribution in [3.8, 4) is 5.88 Å². The summed E-state index contributed by atoms with van der Waals surface area (Å²) in [6.45, 7) is 8.49. The molecule has 6 heteroatoms. The predicted octanol–water partition coefficient (Wildman–Crippen LogP) is 4.20. The summed E-state index contributed by atoms with van der Waals surface area (Å²) < 4.78 is 25.7. The van der Waals surface area contributed by atoms with Crippen molar-refractivity contribution in [1.29, 1.82) is 0 Å². The third kappa shape index (κ3) is 4.17. The standard InChI is InChI=1S/C22H26FN3O2/c1-21(2,3)28-20-18(24-10-11-25-20)15-26-12-8-22(9-13-26)19(27-22)14-16-6-4-5-7-17(16)23/h4-7,10-11,14H,8-9,12-13,15H2,1-3H3. The third-order valence-corrected chi connectivity index (χ3v) is 5.08. The molecule has 2 saturated heterocycles. The molecule has 28 heavy (non-hydrogen) atoms. The fraction of sp³-hybridized carbons (Fsp3) is 0.455. The zero-order valence-corrected chi connectivity index (χ0v) is 16.6. The molecule has 1 aromatic carbocycles. The minimum atomic E-state index is -0.314. The zero-order chi connectivity index (χ0) is 19.8. The fourth-order valence-corrected chi connectivity index (χ4v) is 3.55. The van der Waals surface area contributed by atoms with Gasteiger partial charge >= 0.3 is 0 Å². The van der Waals surface area contributed by atoms with E-state index in [4.69, 9.17) is 9.47 Å². The van der Waals surface area contributed by atoms with Crippen LogP contribution in [0.25, 0.3) is 6.08 Å². The van der Waals surface area contributed by atoms with Crippen molar-refractivity contribution < 1.29 is 13.9 Å². The first-order valence-corrected chi connectivity index (χ1v) is 9.72. The van der Waals surface area contributed by atoms with Gasteiger partial charge in [-0.05, 0) is 32.9 Å². The number of epoxide rings is 1. The highest BCUT2D eigenvalue weighted by Crippen LogP contribution is 2.50. The maximum Gasteiger partial charge on any atom is 0.237 e. The van der Waals surface area contributed by atoms with Gasteiger partial charge in [0.15, 0.2) is 5.60 Å². The van der Waals surface area contributed by atoms with E-state index in [1.54, 1.807) is 24.5 Å². The number of halogens is 1. The molecule has 2 aliphatic rings. The van der Waals surface area contributed by atoms with Crippen molar-refractivity contribution in [3.63, 3.8) is 0 Å². The molecule has 0 aliphatic carbocycles. The Morgan fingerprint density at radius 2 is 1.89 bits per heavy atom. The second-order valence-electron chi connectivity index (χ2n) is 8.43. The molecule has 2 fully saturated rings. The third-order valence-electron chi connectivity index (χ3n) is 5.08. The van der Waals surface area contributed by atoms with Crippen LogP contribution in [0.1, 0.15) is 44.9 Å². The van der Waals surface area contributed by atoms with Crippen molar-refractivity contribution in [2.45, 2.75) is 51.4 Å². The van der Waals surface area contributed by atoms with Crippen LogP contribution in [0.2, 0.25) is 0 Å². The second kappa shape index (κ2) is 7.17. The van der Waals surface area contributed by atoms with Crippen molar-refractivity contribution in [3.05, 3.63) is 59.5 Å². The van der Waals surface area contributed by atoms with E-state index in [0.29, 0.717) is 18.0 Å². The van der Waals surface area contributed by atoms with Crippen LogP contribution in [0, 0.1) is 5.82 Å². The molecular formula is C22H26FN3O2. The molecule has 5 nitrogen and oxygen atoms in total. The van der Waals surface area contributed by atoms with Gasteiger partial charge in [0.1, 0.15) is 22.9 Å². The molecule has 0 bridgehead atoms. The summed E-state index contributed by atoms with van der Waals surface area (Å²) in [7, 11) is 0. The molecule has 4 rings (SSSR count). The quantitative estimate of drug-likeness (QED) is 0.741. The monoisotopic (exact) mass is 383 g/mol. The van der Waals surface area contributed by atoms with Crippen molar-refractivity contribution in [1.82, 2.24) is 14.9 Å². The van der Waals surface area contributed by atoms with Crippen LogP contribution in [-0.2, 0) is 11.3 Å². The van der Waals surface area contributed by atoms with E-state index in [1.807, 2.05) is 32.9 Å². The van der Waals surface area contributed by atoms with Gasteiger partial charge in [-0.25, -0.2) is 9.37 Å². The Kier molecular flexibility index (Phi) is 4.83. The molecule has 0 amide bonds. The highest BCUT2D eigenvalue weighted by atomic mass is 19.1. The van der Waals surface area contributed by atoms with Crippen molar-refractivity contribution in [2.75, 3.05) is 13.1 Å². The SMILES string of the molecule is CC(C)(C)Oc1nccnc1CN1CCC2(CC1)OC2=Cc1ccccc1F. The van der Waals surface area contributed by atoms with Crippen LogP contribution in [0.3, 0.4) is 0 Å². The van der Waals surface area contributed by atoms with Gasteiger partial charge in [0.2, 0.25) is 5.88 Å². The first kappa shape index (κ1) is 18.9. The summed E-state index contributed by atoms with van der Waals surface area (Å²) in [4.78, 5) is 11.2. The molecule has 0 N–H and O–H groups in total. The lowest BCUT2D eigenvalue weighted by molar-refractivity contribution is 0.113. The number of aromatic nitrogens is 2. The van der Waals surface area contributed by atoms with Crippen LogP contribution in [0.15, 0.2) is 42.4 Å². The number of rotatable bonds is 4. The summed E-state index contributed by atoms with van der Waals surface area (Å²) in [5.74, 6) is 1.28. The van der Waals surface area contributed by atoms with Gasteiger partial charge in [-0.1, -0.05) is 18.2 Å². The van der Waals surface area contributed by atoms with E-state index >= 15 is 0 Å². The zero-order valence-electron chi connectivity index (χ0n) is 16.6. The number of hydrogen-bond acceptors (Lipinski definition) is 5. The molecule has 2 aromatic rings. The van der Waals surface area contributed by atoms with Crippen LogP contribution in [0.5, 0.6) is 5.88 Å². The number of nitrogens with zero attached hydrogens (tertiary/aromatic N) is 3. The van der Waals surface area contributed by atoms with E-state index in [1.165, 1.54) is 6.07 Å². The molecule has 0 unspecified atom stereocenters. The minimum absolute atomic E-state index is 0.216. The summed E-state index contributed by atoms with van der Waals surface area (Å²) in [5, 5.41) is 0. The lowest BCUT2D eigenvalue weighted by Crippen LogP contribution is -2.37. The molecule has 0 saturated carbocycles. The number of ether oxygens (including phenoxy) is 2. The number of benzene rings is 1. The highest BCUT2D eigenvalue weighted by Gasteiger charge is 2.53. The molecule has 3 heterocycles. The fourth-order valence-electron chi connectivity index (χ4n) is 3.55. The Bertz CT molecular complexity index is 883. The van der Waals surface area contributed by atoms with Gasteiger partial charge in [0.05, 0.1) is 0 Å². The summed E-state index contributed by atoms with van der Waals surface area (Å²) in [6, 6.07) is 6.79. The first-order valence-electron chi connectivity index (χ1n) is 9.72. The van der Waals surface area contributed by atoms with E-state index in [9.17, 15) is 4.39 Å². The topological polar surface area (TPSA) is 50.8 Å². The molecule has 0 atom stereocenters. The van der Waals surface area contributed by atoms with Crippen molar-refractivity contribution >= 4 is 6.08 Å². The van der Waals surface area contributed by atoms with Gasteiger partial charge in [0.25, 0.3) is 0 Å². The largest absolute Gasteiger partial charge is 0.479 e. The van der Waals surface area contributed by atoms with Gasteiger partial charge in [-0.2, -0.15) is 0 Å². The Morgan fingerprint density at radius 1 is 1.18 bits per heavy atom. The Morgan fingerprint density at radius 3 is 2.61 bits per heavy atom. The molecule has 1 spiro atoms. The molecule has 2 aliphatic heterocycles. The van der Waals surface area contributed by atoms with Gasteiger partial charge < -0.3 is 9.47 Å². The normalized spacial score (nSPS) is 20.2. The first-order chi connectivity index (χ1) is 13.3. The maximum atomic E-state index is 13.9. The Hall–Kier alpha value is -2.47. The molecule has 0 radical (unpaired) electrons. The van der Waals surface area contributed by atoms with Crippen LogP contribution >= 0.6 is 0 Å². The maximum absolute atomic E-state index is 13.9. The summed E-state index contributed by atoms with van der Waals surface area (Å²) in [6.07, 6.45) is 6.98. The summed E-state index contributed by atoms with van der Waals surface area (Å²) >= 11 is 0. The number of likely N-dealkylation sites (tertiary alicyclic amines) is 1. The molecule has 148 valence electrons. The lowest BCUT2D eigenvalue weighted by atomic mass is 9.94. The molecule has 1 aromatic heterocycles. The van der Waals surface area contributed by atoms with Gasteiger partial charge in [0, 0.05) is 50.4 Å². The minimum Gasteiger partial charge on any atom is -0.479 e. The second-order valence-corrected chi connectivity index (χ2v) is 8.43. The van der Waals surface area contributed by atoms with Gasteiger partial charge in [-0.3, -0.25) is 9.88 Å². The lowest BCUT2D eigenvalue weighted by Gasteiger charge is -2.30. The number of piperidine rings is 1. The van der Waals surface area contributed by atoms with Crippen LogP contribution < -0.4 is 4.74 Å². The highest BCUT2D eigenvalue weighted by molar-refractivity contribution is 5.57.